The molecule has 0 unspecified atom stereocenters. The Morgan fingerprint density at radius 3 is 2.32 bits per heavy atom. The number of hydrogen-bond acceptors (Lipinski definition) is 5. The van der Waals surface area contributed by atoms with Gasteiger partial charge in [-0.2, -0.15) is 31.3 Å². The third-order valence-electron chi connectivity index (χ3n) is 4.03. The van der Waals surface area contributed by atoms with E-state index in [1.165, 1.54) is 37.6 Å². The number of nitrogens with zero attached hydrogens (tertiary/aromatic N) is 4. The van der Waals surface area contributed by atoms with Crippen LogP contribution in [0.1, 0.15) is 11.3 Å². The minimum atomic E-state index is -4.87. The highest BCUT2D eigenvalue weighted by molar-refractivity contribution is 6.28. The molecule has 0 fully saturated rings. The lowest BCUT2D eigenvalue weighted by Crippen LogP contribution is -2.18. The molecule has 3 aromatic rings. The molecule has 6 nitrogen and oxygen atoms in total. The van der Waals surface area contributed by atoms with Crippen molar-refractivity contribution in [2.75, 3.05) is 12.4 Å². The molecule has 2 heterocycles. The van der Waals surface area contributed by atoms with E-state index in [1.54, 1.807) is 0 Å². The van der Waals surface area contributed by atoms with Gasteiger partial charge in [-0.25, -0.2) is 9.97 Å². The Kier molecular flexibility index (Phi) is 6.30. The third kappa shape index (κ3) is 5.78. The molecule has 166 valence electrons. The van der Waals surface area contributed by atoms with E-state index in [2.05, 4.69) is 20.3 Å². The molecule has 0 saturated heterocycles. The molecule has 0 radical (unpaired) electrons. The molecule has 2 aromatic heterocycles. The minimum absolute atomic E-state index is 0.00406. The third-order valence-corrected chi connectivity index (χ3v) is 4.22. The number of rotatable bonds is 6. The average Bonchev–Trinajstić information content (AvgIpc) is 3.09. The van der Waals surface area contributed by atoms with Gasteiger partial charge in [-0.15, -0.1) is 0 Å². The van der Waals surface area contributed by atoms with Gasteiger partial charge in [0, 0.05) is 18.3 Å². The molecule has 1 aromatic carbocycles. The van der Waals surface area contributed by atoms with Crippen LogP contribution < -0.4 is 10.1 Å². The Morgan fingerprint density at radius 1 is 1.06 bits per heavy atom. The molecule has 3 rings (SSSR count). The van der Waals surface area contributed by atoms with E-state index in [0.29, 0.717) is 27.9 Å². The summed E-state index contributed by atoms with van der Waals surface area (Å²) in [6.45, 7) is -1.36. The molecule has 0 saturated carbocycles. The summed E-state index contributed by atoms with van der Waals surface area (Å²) in [7, 11) is 1.42. The van der Waals surface area contributed by atoms with Crippen LogP contribution >= 0.6 is 11.6 Å². The fraction of sp³-hybridized carbons (Fsp3) is 0.278. The van der Waals surface area contributed by atoms with E-state index in [-0.39, 0.29) is 17.4 Å². The standard InChI is InChI=1S/C18H14ClF6N5O/c1-31-12-7-27-16(19)29-14(12)26-6-10-2-4-11(5-3-10)15-28-13(18(23,24)25)8-30(15)9-17(20,21)22/h2-5,7-8H,6,9H2,1H3,(H,26,27,29). The number of alkyl halides is 6. The summed E-state index contributed by atoms with van der Waals surface area (Å²) in [6.07, 6.45) is -7.85. The van der Waals surface area contributed by atoms with Crippen LogP contribution in [0.15, 0.2) is 36.7 Å². The van der Waals surface area contributed by atoms with E-state index in [9.17, 15) is 26.3 Å². The summed E-state index contributed by atoms with van der Waals surface area (Å²) in [4.78, 5) is 11.1. The van der Waals surface area contributed by atoms with Gasteiger partial charge in [0.05, 0.1) is 13.3 Å². The van der Waals surface area contributed by atoms with Gasteiger partial charge in [0.1, 0.15) is 12.4 Å². The van der Waals surface area contributed by atoms with Gasteiger partial charge < -0.3 is 14.6 Å². The van der Waals surface area contributed by atoms with Crippen LogP contribution in [0.5, 0.6) is 5.75 Å². The van der Waals surface area contributed by atoms with Crippen molar-refractivity contribution in [1.82, 2.24) is 19.5 Å². The van der Waals surface area contributed by atoms with Gasteiger partial charge in [-0.3, -0.25) is 0 Å². The lowest BCUT2D eigenvalue weighted by molar-refractivity contribution is -0.144. The Balaban J connectivity index is 1.83. The highest BCUT2D eigenvalue weighted by Gasteiger charge is 2.37. The van der Waals surface area contributed by atoms with Crippen LogP contribution in [0, 0.1) is 0 Å². The van der Waals surface area contributed by atoms with E-state index >= 15 is 0 Å². The largest absolute Gasteiger partial charge is 0.491 e. The summed E-state index contributed by atoms with van der Waals surface area (Å²) in [5, 5.41) is 2.96. The average molecular weight is 466 g/mol. The van der Waals surface area contributed by atoms with E-state index in [0.717, 1.165) is 0 Å². The quantitative estimate of drug-likeness (QED) is 0.401. The van der Waals surface area contributed by atoms with E-state index in [4.69, 9.17) is 16.3 Å². The number of ether oxygens (including phenoxy) is 1. The number of methoxy groups -OCH3 is 1. The maximum atomic E-state index is 13.0. The second kappa shape index (κ2) is 8.61. The van der Waals surface area contributed by atoms with Crippen LogP contribution in [0.25, 0.3) is 11.4 Å². The molecule has 1 N–H and O–H groups in total. The smallest absolute Gasteiger partial charge is 0.434 e. The number of hydrogen-bond donors (Lipinski definition) is 1. The summed E-state index contributed by atoms with van der Waals surface area (Å²) < 4.78 is 82.8. The minimum Gasteiger partial charge on any atom is -0.491 e. The zero-order chi connectivity index (χ0) is 22.8. The number of benzene rings is 1. The zero-order valence-corrected chi connectivity index (χ0v) is 16.5. The zero-order valence-electron chi connectivity index (χ0n) is 15.7. The second-order valence-corrected chi connectivity index (χ2v) is 6.64. The van der Waals surface area contributed by atoms with Gasteiger partial charge in [-0.1, -0.05) is 24.3 Å². The molecule has 13 heteroatoms. The Hall–Kier alpha value is -3.02. The molecule has 0 aliphatic heterocycles. The van der Waals surface area contributed by atoms with Crippen molar-refractivity contribution in [3.8, 4) is 17.1 Å². The van der Waals surface area contributed by atoms with Gasteiger partial charge >= 0.3 is 12.4 Å². The highest BCUT2D eigenvalue weighted by Crippen LogP contribution is 2.32. The van der Waals surface area contributed by atoms with Crippen molar-refractivity contribution in [1.29, 1.82) is 0 Å². The van der Waals surface area contributed by atoms with Crippen molar-refractivity contribution < 1.29 is 31.1 Å². The maximum Gasteiger partial charge on any atom is 0.434 e. The van der Waals surface area contributed by atoms with Gasteiger partial charge in [0.2, 0.25) is 5.28 Å². The lowest BCUT2D eigenvalue weighted by atomic mass is 10.1. The summed E-state index contributed by atoms with van der Waals surface area (Å²) in [5.74, 6) is 0.227. The van der Waals surface area contributed by atoms with Gasteiger partial charge in [0.15, 0.2) is 17.3 Å². The predicted molar refractivity (Wildman–Crippen MR) is 99.6 cm³/mol. The number of anilines is 1. The highest BCUT2D eigenvalue weighted by atomic mass is 35.5. The number of aromatic nitrogens is 4. The first-order chi connectivity index (χ1) is 14.5. The molecular weight excluding hydrogens is 452 g/mol. The number of imidazole rings is 1. The number of nitrogens with one attached hydrogen (secondary N) is 1. The Labute approximate surface area is 176 Å². The van der Waals surface area contributed by atoms with Crippen molar-refractivity contribution in [3.05, 3.63) is 53.2 Å². The molecule has 0 amide bonds. The summed E-state index contributed by atoms with van der Waals surface area (Å²) in [6, 6.07) is 5.85. The first-order valence-corrected chi connectivity index (χ1v) is 8.95. The van der Waals surface area contributed by atoms with Crippen LogP contribution in [-0.4, -0.2) is 32.8 Å². The van der Waals surface area contributed by atoms with Crippen molar-refractivity contribution in [2.24, 2.45) is 0 Å². The Bertz CT molecular complexity index is 1050. The van der Waals surface area contributed by atoms with Crippen LogP contribution in [0.4, 0.5) is 32.2 Å². The monoisotopic (exact) mass is 465 g/mol. The summed E-state index contributed by atoms with van der Waals surface area (Å²) in [5.41, 5.74) is -0.623. The molecule has 0 bridgehead atoms. The topological polar surface area (TPSA) is 64.9 Å². The van der Waals surface area contributed by atoms with Crippen LogP contribution in [0.2, 0.25) is 5.28 Å². The van der Waals surface area contributed by atoms with Crippen molar-refractivity contribution in [2.45, 2.75) is 25.4 Å². The normalized spacial score (nSPS) is 12.1. The van der Waals surface area contributed by atoms with E-state index < -0.39 is 30.4 Å². The fourth-order valence-corrected chi connectivity index (χ4v) is 2.81. The molecule has 0 atom stereocenters. The molecule has 0 aliphatic rings. The van der Waals surface area contributed by atoms with Gasteiger partial charge in [0.25, 0.3) is 0 Å². The Morgan fingerprint density at radius 2 is 1.74 bits per heavy atom. The molecule has 31 heavy (non-hydrogen) atoms. The summed E-state index contributed by atoms with van der Waals surface area (Å²) >= 11 is 5.75. The number of halogens is 7. The first kappa shape index (κ1) is 22.7. The van der Waals surface area contributed by atoms with Gasteiger partial charge in [-0.05, 0) is 17.2 Å². The van der Waals surface area contributed by atoms with Crippen LogP contribution in [0.3, 0.4) is 0 Å². The first-order valence-electron chi connectivity index (χ1n) is 8.57. The van der Waals surface area contributed by atoms with Crippen LogP contribution in [-0.2, 0) is 19.3 Å². The predicted octanol–water partition coefficient (Wildman–Crippen LogP) is 5.20. The van der Waals surface area contributed by atoms with Crippen molar-refractivity contribution >= 4 is 17.4 Å². The molecular formula is C18H14ClF6N5O. The molecule has 0 spiro atoms. The fourth-order valence-electron chi connectivity index (χ4n) is 2.68. The lowest BCUT2D eigenvalue weighted by Gasteiger charge is -2.12. The maximum absolute atomic E-state index is 13.0. The van der Waals surface area contributed by atoms with E-state index in [1.807, 2.05) is 0 Å². The SMILES string of the molecule is COc1cnc(Cl)nc1NCc1ccc(-c2nc(C(F)(F)F)cn2CC(F)(F)F)cc1. The molecule has 0 aliphatic carbocycles. The second-order valence-electron chi connectivity index (χ2n) is 6.30. The van der Waals surface area contributed by atoms with Crippen molar-refractivity contribution in [3.63, 3.8) is 0 Å².